The maximum Gasteiger partial charge on any atom is 0.156 e. The molecule has 5 heteroatoms. The Morgan fingerprint density at radius 2 is 2.12 bits per heavy atom. The minimum atomic E-state index is -0.0185. The van der Waals surface area contributed by atoms with Gasteiger partial charge >= 0.3 is 0 Å². The summed E-state index contributed by atoms with van der Waals surface area (Å²) >= 11 is 0. The Hall–Kier alpha value is -0.810. The number of nitrogens with two attached hydrogens (primary N) is 1. The molecule has 1 aliphatic heterocycles. The fourth-order valence-corrected chi connectivity index (χ4v) is 2.15. The molecule has 0 bridgehead atoms. The summed E-state index contributed by atoms with van der Waals surface area (Å²) in [5.41, 5.74) is 5.59. The molecule has 2 unspecified atom stereocenters. The van der Waals surface area contributed by atoms with Crippen LogP contribution >= 0.6 is 0 Å². The van der Waals surface area contributed by atoms with Crippen LogP contribution in [-0.2, 0) is 0 Å². The molecule has 0 aromatic heterocycles. The van der Waals surface area contributed by atoms with E-state index in [0.29, 0.717) is 6.04 Å². The lowest BCUT2D eigenvalue weighted by molar-refractivity contribution is 0.248. The predicted molar refractivity (Wildman–Crippen MR) is 65.8 cm³/mol. The molecule has 0 aromatic rings. The third-order valence-electron chi connectivity index (χ3n) is 3.30. The highest BCUT2D eigenvalue weighted by Crippen LogP contribution is 2.10. The molecule has 1 aliphatic rings. The van der Waals surface area contributed by atoms with E-state index in [2.05, 4.69) is 22.3 Å². The van der Waals surface area contributed by atoms with Gasteiger partial charge < -0.3 is 16.3 Å². The summed E-state index contributed by atoms with van der Waals surface area (Å²) in [4.78, 5) is 2.48. The Bertz CT molecular complexity index is 226. The van der Waals surface area contributed by atoms with Gasteiger partial charge in [-0.1, -0.05) is 12.1 Å². The monoisotopic (exact) mass is 228 g/mol. The Labute approximate surface area is 97.7 Å². The summed E-state index contributed by atoms with van der Waals surface area (Å²) in [6, 6.07) is 0.498. The summed E-state index contributed by atoms with van der Waals surface area (Å²) in [5, 5.41) is 15.0. The van der Waals surface area contributed by atoms with E-state index in [1.807, 2.05) is 6.92 Å². The van der Waals surface area contributed by atoms with Crippen molar-refractivity contribution in [1.82, 2.24) is 10.2 Å². The van der Waals surface area contributed by atoms with E-state index in [-0.39, 0.29) is 11.9 Å². The molecule has 5 nitrogen and oxygen atoms in total. The van der Waals surface area contributed by atoms with Crippen LogP contribution in [0.3, 0.4) is 0 Å². The van der Waals surface area contributed by atoms with Crippen molar-refractivity contribution in [1.29, 1.82) is 0 Å². The van der Waals surface area contributed by atoms with Gasteiger partial charge in [-0.05, 0) is 39.3 Å². The molecule has 16 heavy (non-hydrogen) atoms. The van der Waals surface area contributed by atoms with Crippen molar-refractivity contribution in [3.05, 3.63) is 0 Å². The molecule has 0 amide bonds. The van der Waals surface area contributed by atoms with Gasteiger partial charge in [0.1, 0.15) is 0 Å². The molecule has 0 aliphatic carbocycles. The van der Waals surface area contributed by atoms with Crippen molar-refractivity contribution in [3.63, 3.8) is 0 Å². The second kappa shape index (κ2) is 6.70. The zero-order chi connectivity index (χ0) is 12.0. The lowest BCUT2D eigenvalue weighted by Gasteiger charge is -2.26. The van der Waals surface area contributed by atoms with Crippen molar-refractivity contribution in [2.45, 2.75) is 45.2 Å². The van der Waals surface area contributed by atoms with Crippen molar-refractivity contribution in [2.24, 2.45) is 10.9 Å². The Morgan fingerprint density at radius 1 is 1.50 bits per heavy atom. The first kappa shape index (κ1) is 13.3. The second-order valence-electron chi connectivity index (χ2n) is 4.49. The number of oxime groups is 1. The largest absolute Gasteiger partial charge is 0.409 e. The van der Waals surface area contributed by atoms with Gasteiger partial charge in [-0.2, -0.15) is 0 Å². The highest BCUT2D eigenvalue weighted by molar-refractivity contribution is 5.85. The fraction of sp³-hybridized carbons (Fsp3) is 0.909. The molecule has 1 rings (SSSR count). The van der Waals surface area contributed by atoms with Crippen LogP contribution in [0.25, 0.3) is 0 Å². The van der Waals surface area contributed by atoms with Crippen LogP contribution in [0.15, 0.2) is 5.16 Å². The van der Waals surface area contributed by atoms with Gasteiger partial charge in [0.05, 0.1) is 6.04 Å². The van der Waals surface area contributed by atoms with Gasteiger partial charge in [0.25, 0.3) is 0 Å². The van der Waals surface area contributed by atoms with E-state index in [0.717, 1.165) is 13.0 Å². The number of hydrogen-bond donors (Lipinski definition) is 3. The summed E-state index contributed by atoms with van der Waals surface area (Å²) < 4.78 is 0. The van der Waals surface area contributed by atoms with Crippen molar-refractivity contribution >= 4 is 5.84 Å². The van der Waals surface area contributed by atoms with Crippen LogP contribution in [0, 0.1) is 0 Å². The minimum absolute atomic E-state index is 0.0185. The van der Waals surface area contributed by atoms with Crippen LogP contribution in [0.4, 0.5) is 0 Å². The number of likely N-dealkylation sites (tertiary alicyclic amines) is 1. The fourth-order valence-electron chi connectivity index (χ4n) is 2.15. The summed E-state index contributed by atoms with van der Waals surface area (Å²) in [6.07, 6.45) is 3.45. The minimum Gasteiger partial charge on any atom is -0.409 e. The number of hydrogen-bond acceptors (Lipinski definition) is 4. The van der Waals surface area contributed by atoms with Crippen LogP contribution < -0.4 is 11.1 Å². The Balaban J connectivity index is 2.31. The van der Waals surface area contributed by atoms with Crippen LogP contribution in [0.5, 0.6) is 0 Å². The molecule has 0 aromatic carbocycles. The normalized spacial score (nSPS) is 22.2. The Morgan fingerprint density at radius 3 is 2.62 bits per heavy atom. The van der Waals surface area contributed by atoms with Gasteiger partial charge in [-0.25, -0.2) is 0 Å². The second-order valence-corrected chi connectivity index (χ2v) is 4.49. The number of rotatable bonds is 6. The first-order chi connectivity index (χ1) is 7.69. The average Bonchev–Trinajstić information content (AvgIpc) is 2.82. The summed E-state index contributed by atoms with van der Waals surface area (Å²) in [5.74, 6) is 0.274. The van der Waals surface area contributed by atoms with E-state index >= 15 is 0 Å². The van der Waals surface area contributed by atoms with Gasteiger partial charge in [-0.15, -0.1) is 0 Å². The van der Waals surface area contributed by atoms with Crippen molar-refractivity contribution in [2.75, 3.05) is 19.6 Å². The van der Waals surface area contributed by atoms with Crippen LogP contribution in [0.1, 0.15) is 33.1 Å². The van der Waals surface area contributed by atoms with E-state index in [9.17, 15) is 0 Å². The van der Waals surface area contributed by atoms with Crippen LogP contribution in [-0.4, -0.2) is 47.7 Å². The molecular weight excluding hydrogens is 204 g/mol. The van der Waals surface area contributed by atoms with Crippen molar-refractivity contribution in [3.8, 4) is 0 Å². The molecular formula is C11H24N4O. The molecule has 2 atom stereocenters. The summed E-state index contributed by atoms with van der Waals surface area (Å²) in [6.45, 7) is 7.52. The topological polar surface area (TPSA) is 73.9 Å². The van der Waals surface area contributed by atoms with Gasteiger partial charge in [0, 0.05) is 12.6 Å². The number of nitrogens with one attached hydrogen (secondary N) is 1. The molecule has 0 spiro atoms. The van der Waals surface area contributed by atoms with Gasteiger partial charge in [0.2, 0.25) is 0 Å². The first-order valence-electron chi connectivity index (χ1n) is 6.13. The molecule has 0 radical (unpaired) electrons. The molecule has 94 valence electrons. The standard InChI is InChI=1S/C11H24N4O/c1-3-10(11(12)14-16)13-8-9(2)15-6-4-5-7-15/h9-10,13,16H,3-8H2,1-2H3,(H2,12,14). The zero-order valence-corrected chi connectivity index (χ0v) is 10.3. The summed E-state index contributed by atoms with van der Waals surface area (Å²) in [7, 11) is 0. The predicted octanol–water partition coefficient (Wildman–Crippen LogP) is 0.585. The van der Waals surface area contributed by atoms with E-state index in [1.54, 1.807) is 0 Å². The molecule has 1 saturated heterocycles. The zero-order valence-electron chi connectivity index (χ0n) is 10.3. The van der Waals surface area contributed by atoms with Crippen molar-refractivity contribution < 1.29 is 5.21 Å². The number of nitrogens with zero attached hydrogens (tertiary/aromatic N) is 2. The number of amidine groups is 1. The maximum atomic E-state index is 8.63. The molecule has 1 fully saturated rings. The van der Waals surface area contributed by atoms with E-state index in [4.69, 9.17) is 10.9 Å². The van der Waals surface area contributed by atoms with Gasteiger partial charge in [0.15, 0.2) is 5.84 Å². The SMILES string of the molecule is CCC(NCC(C)N1CCCC1)C(N)=NO. The molecule has 0 saturated carbocycles. The van der Waals surface area contributed by atoms with E-state index in [1.165, 1.54) is 25.9 Å². The highest BCUT2D eigenvalue weighted by atomic mass is 16.4. The van der Waals surface area contributed by atoms with Gasteiger partial charge in [-0.3, -0.25) is 4.90 Å². The lowest BCUT2D eigenvalue weighted by atomic mass is 10.2. The lowest BCUT2D eigenvalue weighted by Crippen LogP contribution is -2.47. The third kappa shape index (κ3) is 3.64. The molecule has 4 N–H and O–H groups in total. The smallest absolute Gasteiger partial charge is 0.156 e. The maximum absolute atomic E-state index is 8.63. The Kier molecular flexibility index (Phi) is 5.55. The first-order valence-corrected chi connectivity index (χ1v) is 6.13. The quantitative estimate of drug-likeness (QED) is 0.269. The third-order valence-corrected chi connectivity index (χ3v) is 3.30. The molecule has 1 heterocycles. The van der Waals surface area contributed by atoms with Crippen LogP contribution in [0.2, 0.25) is 0 Å². The van der Waals surface area contributed by atoms with E-state index < -0.39 is 0 Å². The average molecular weight is 228 g/mol. The highest BCUT2D eigenvalue weighted by Gasteiger charge is 2.19.